The summed E-state index contributed by atoms with van der Waals surface area (Å²) < 4.78 is 56.7. The quantitative estimate of drug-likeness (QED) is 0.296. The maximum Gasteiger partial charge on any atom is 0.453 e. The number of hydrogen-bond donors (Lipinski definition) is 1. The summed E-state index contributed by atoms with van der Waals surface area (Å²) in [5.41, 5.74) is -1.01. The fourth-order valence-corrected chi connectivity index (χ4v) is 3.44. The molecule has 4 aromatic rings. The van der Waals surface area contributed by atoms with Crippen molar-refractivity contribution < 1.29 is 31.9 Å². The molecule has 6 nitrogen and oxygen atoms in total. The Bertz CT molecular complexity index is 1470. The predicted octanol–water partition coefficient (Wildman–Crippen LogP) is 6.93. The normalized spacial score (nSPS) is 11.3. The smallest absolute Gasteiger partial charge is 0.453 e. The number of ether oxygens (including phenoxy) is 2. The molecule has 0 unspecified atom stereocenters. The van der Waals surface area contributed by atoms with E-state index in [0.717, 1.165) is 6.07 Å². The highest BCUT2D eigenvalue weighted by molar-refractivity contribution is 6.32. The predicted molar refractivity (Wildman–Crippen MR) is 125 cm³/mol. The maximum absolute atomic E-state index is 13.7. The maximum atomic E-state index is 13.7. The van der Waals surface area contributed by atoms with Crippen molar-refractivity contribution in [3.8, 4) is 17.2 Å². The van der Waals surface area contributed by atoms with Crippen LogP contribution in [0.1, 0.15) is 5.76 Å². The summed E-state index contributed by atoms with van der Waals surface area (Å²) in [6, 6.07) is 15.8. The van der Waals surface area contributed by atoms with Crippen LogP contribution >= 0.6 is 23.2 Å². The van der Waals surface area contributed by atoms with Crippen molar-refractivity contribution in [2.75, 3.05) is 11.9 Å². The number of rotatable bonds is 6. The van der Waals surface area contributed by atoms with E-state index >= 15 is 0 Å². The van der Waals surface area contributed by atoms with E-state index in [9.17, 15) is 22.8 Å². The lowest BCUT2D eigenvalue weighted by atomic mass is 10.2. The molecule has 0 fully saturated rings. The molecule has 4 rings (SSSR count). The van der Waals surface area contributed by atoms with Crippen molar-refractivity contribution in [3.63, 3.8) is 0 Å². The Morgan fingerprint density at radius 3 is 2.49 bits per heavy atom. The van der Waals surface area contributed by atoms with Gasteiger partial charge in [0.25, 0.3) is 11.7 Å². The topological polar surface area (TPSA) is 77.8 Å². The van der Waals surface area contributed by atoms with Gasteiger partial charge in [-0.05, 0) is 42.5 Å². The molecule has 0 radical (unpaired) electrons. The van der Waals surface area contributed by atoms with Crippen LogP contribution in [0.2, 0.25) is 10.0 Å². The summed E-state index contributed by atoms with van der Waals surface area (Å²) in [4.78, 5) is 25.0. The van der Waals surface area contributed by atoms with Crippen LogP contribution in [0.25, 0.3) is 11.0 Å². The molecule has 3 aromatic carbocycles. The van der Waals surface area contributed by atoms with E-state index in [1.54, 1.807) is 24.3 Å². The monoisotopic (exact) mass is 523 g/mol. The standard InChI is InChI=1S/C24H14Cl2F3NO5/c25-13-4-3-5-14(10-13)30-20(31)12-33-15-8-9-16-19(11-15)35-23(24(27,28)29)22(21(16)32)34-18-7-2-1-6-17(18)26/h1-11H,12H2,(H,30,31). The SMILES string of the molecule is O=C(COc1ccc2c(=O)c(Oc3ccccc3Cl)c(C(F)(F)F)oc2c1)Nc1cccc(Cl)c1. The van der Waals surface area contributed by atoms with Crippen LogP contribution in [0.3, 0.4) is 0 Å². The second-order valence-electron chi connectivity index (χ2n) is 7.12. The second-order valence-corrected chi connectivity index (χ2v) is 7.97. The van der Waals surface area contributed by atoms with E-state index in [-0.39, 0.29) is 21.9 Å². The third kappa shape index (κ3) is 5.70. The molecule has 0 saturated heterocycles. The minimum absolute atomic E-state index is 0.00907. The number of carbonyl (C=O) groups is 1. The number of alkyl halides is 3. The summed E-state index contributed by atoms with van der Waals surface area (Å²) in [6.45, 7) is -0.456. The van der Waals surface area contributed by atoms with Gasteiger partial charge in [-0.25, -0.2) is 0 Å². The van der Waals surface area contributed by atoms with Gasteiger partial charge in [-0.1, -0.05) is 41.4 Å². The van der Waals surface area contributed by atoms with Crippen LogP contribution in [0.5, 0.6) is 17.2 Å². The number of carbonyl (C=O) groups excluding carboxylic acids is 1. The fourth-order valence-electron chi connectivity index (χ4n) is 3.08. The Morgan fingerprint density at radius 1 is 1.00 bits per heavy atom. The fraction of sp³-hybridized carbons (Fsp3) is 0.0833. The van der Waals surface area contributed by atoms with E-state index in [4.69, 9.17) is 37.1 Å². The van der Waals surface area contributed by atoms with E-state index in [1.807, 2.05) is 0 Å². The average Bonchev–Trinajstić information content (AvgIpc) is 2.80. The van der Waals surface area contributed by atoms with Gasteiger partial charge in [-0.15, -0.1) is 0 Å². The number of anilines is 1. The Balaban J connectivity index is 1.62. The van der Waals surface area contributed by atoms with Gasteiger partial charge in [0.05, 0.1) is 10.4 Å². The highest BCUT2D eigenvalue weighted by Gasteiger charge is 2.40. The molecule has 1 amide bonds. The molecule has 35 heavy (non-hydrogen) atoms. The van der Waals surface area contributed by atoms with E-state index in [2.05, 4.69) is 5.32 Å². The van der Waals surface area contributed by atoms with Gasteiger partial charge in [0.1, 0.15) is 17.1 Å². The van der Waals surface area contributed by atoms with E-state index in [0.29, 0.717) is 10.7 Å². The second kappa shape index (κ2) is 9.89. The van der Waals surface area contributed by atoms with Crippen LogP contribution < -0.4 is 20.2 Å². The molecule has 1 heterocycles. The summed E-state index contributed by atoms with van der Waals surface area (Å²) in [6.07, 6.45) is -5.04. The van der Waals surface area contributed by atoms with Crippen molar-refractivity contribution in [1.82, 2.24) is 0 Å². The first-order chi connectivity index (χ1) is 16.6. The summed E-state index contributed by atoms with van der Waals surface area (Å²) in [5, 5.41) is 2.82. The molecule has 0 atom stereocenters. The molecule has 1 N–H and O–H groups in total. The highest BCUT2D eigenvalue weighted by Crippen LogP contribution is 2.39. The molecular formula is C24H14Cl2F3NO5. The van der Waals surface area contributed by atoms with Gasteiger partial charge in [-0.3, -0.25) is 9.59 Å². The molecule has 0 aliphatic rings. The minimum atomic E-state index is -5.04. The van der Waals surface area contributed by atoms with Gasteiger partial charge in [0.15, 0.2) is 6.61 Å². The van der Waals surface area contributed by atoms with Gasteiger partial charge in [-0.2, -0.15) is 13.2 Å². The Hall–Kier alpha value is -3.69. The molecule has 0 spiro atoms. The lowest BCUT2D eigenvalue weighted by Gasteiger charge is -2.14. The molecule has 0 saturated carbocycles. The summed E-state index contributed by atoms with van der Waals surface area (Å²) in [7, 11) is 0. The van der Waals surface area contributed by atoms with Gasteiger partial charge in [0, 0.05) is 16.8 Å². The molecule has 11 heteroatoms. The molecule has 1 aromatic heterocycles. The van der Waals surface area contributed by atoms with Crippen molar-refractivity contribution in [3.05, 3.63) is 92.8 Å². The largest absolute Gasteiger partial charge is 0.484 e. The number of halogens is 5. The van der Waals surface area contributed by atoms with Crippen molar-refractivity contribution in [1.29, 1.82) is 0 Å². The summed E-state index contributed by atoms with van der Waals surface area (Å²) >= 11 is 11.8. The average molecular weight is 524 g/mol. The first-order valence-electron chi connectivity index (χ1n) is 9.90. The van der Waals surface area contributed by atoms with Gasteiger partial charge < -0.3 is 19.2 Å². The van der Waals surface area contributed by atoms with Crippen LogP contribution in [-0.4, -0.2) is 12.5 Å². The number of hydrogen-bond acceptors (Lipinski definition) is 5. The third-order valence-electron chi connectivity index (χ3n) is 4.61. The zero-order valence-electron chi connectivity index (χ0n) is 17.5. The molecule has 0 aliphatic heterocycles. The lowest BCUT2D eigenvalue weighted by Crippen LogP contribution is -2.20. The first kappa shape index (κ1) is 24.4. The highest BCUT2D eigenvalue weighted by atomic mass is 35.5. The van der Waals surface area contributed by atoms with Gasteiger partial charge in [0.2, 0.25) is 11.2 Å². The van der Waals surface area contributed by atoms with Crippen molar-refractivity contribution in [2.45, 2.75) is 6.18 Å². The van der Waals surface area contributed by atoms with Crippen LogP contribution in [0, 0.1) is 0 Å². The lowest BCUT2D eigenvalue weighted by molar-refractivity contribution is -0.154. The zero-order valence-corrected chi connectivity index (χ0v) is 19.0. The summed E-state index contributed by atoms with van der Waals surface area (Å²) in [5.74, 6) is -3.35. The van der Waals surface area contributed by atoms with Gasteiger partial charge >= 0.3 is 6.18 Å². The number of fused-ring (bicyclic) bond motifs is 1. The third-order valence-corrected chi connectivity index (χ3v) is 5.15. The zero-order chi connectivity index (χ0) is 25.2. The molecule has 180 valence electrons. The Labute approximate surface area is 205 Å². The first-order valence-corrected chi connectivity index (χ1v) is 10.7. The minimum Gasteiger partial charge on any atom is -0.484 e. The molecule has 0 bridgehead atoms. The van der Waals surface area contributed by atoms with Crippen LogP contribution in [-0.2, 0) is 11.0 Å². The van der Waals surface area contributed by atoms with Crippen LogP contribution in [0.15, 0.2) is 75.9 Å². The molecule has 0 aliphatic carbocycles. The van der Waals surface area contributed by atoms with E-state index in [1.165, 1.54) is 36.4 Å². The van der Waals surface area contributed by atoms with Crippen molar-refractivity contribution >= 4 is 45.8 Å². The molecular weight excluding hydrogens is 510 g/mol. The van der Waals surface area contributed by atoms with Crippen LogP contribution in [0.4, 0.5) is 18.9 Å². The number of para-hydroxylation sites is 1. The number of amides is 1. The van der Waals surface area contributed by atoms with Crippen molar-refractivity contribution in [2.24, 2.45) is 0 Å². The Morgan fingerprint density at radius 2 is 1.77 bits per heavy atom. The number of nitrogens with one attached hydrogen (secondary N) is 1. The number of benzene rings is 3. The Kier molecular flexibility index (Phi) is 6.90. The van der Waals surface area contributed by atoms with E-state index < -0.39 is 41.2 Å².